The second-order valence-electron chi connectivity index (χ2n) is 6.05. The topological polar surface area (TPSA) is 112 Å². The van der Waals surface area contributed by atoms with Crippen LogP contribution in [0.4, 0.5) is 13.2 Å². The number of rotatable bonds is 5. The molecule has 7 nitrogen and oxygen atoms in total. The molecule has 30 heavy (non-hydrogen) atoms. The Kier molecular flexibility index (Phi) is 5.60. The summed E-state index contributed by atoms with van der Waals surface area (Å²) in [6, 6.07) is 13.3. The fourth-order valence-electron chi connectivity index (χ4n) is 2.57. The van der Waals surface area contributed by atoms with Gasteiger partial charge in [-0.2, -0.15) is 28.8 Å². The van der Waals surface area contributed by atoms with Crippen LogP contribution in [0.25, 0.3) is 5.69 Å². The SMILES string of the molecule is N#Cc1ccc(S(=O)(=O)NCc2ccn(-c3ccc(C#N)c(C(F)(F)F)c3)n2)cc1. The number of aromatic nitrogens is 2. The molecule has 0 saturated carbocycles. The van der Waals surface area contributed by atoms with Gasteiger partial charge in [-0.25, -0.2) is 17.8 Å². The van der Waals surface area contributed by atoms with Crippen molar-refractivity contribution in [2.24, 2.45) is 0 Å². The molecule has 152 valence electrons. The molecular weight excluding hydrogens is 419 g/mol. The third kappa shape index (κ3) is 4.49. The Morgan fingerprint density at radius 3 is 2.33 bits per heavy atom. The van der Waals surface area contributed by atoms with E-state index >= 15 is 0 Å². The molecule has 1 aromatic heterocycles. The molecule has 0 unspecified atom stereocenters. The first-order valence-corrected chi connectivity index (χ1v) is 9.78. The Bertz CT molecular complexity index is 1270. The third-order valence-corrected chi connectivity index (χ3v) is 5.49. The Hall–Kier alpha value is -3.67. The lowest BCUT2D eigenvalue weighted by Gasteiger charge is -2.10. The van der Waals surface area contributed by atoms with Gasteiger partial charge in [-0.05, 0) is 48.5 Å². The minimum atomic E-state index is -4.70. The quantitative estimate of drug-likeness (QED) is 0.667. The highest BCUT2D eigenvalue weighted by Crippen LogP contribution is 2.33. The molecule has 1 N–H and O–H groups in total. The van der Waals surface area contributed by atoms with Gasteiger partial charge >= 0.3 is 6.18 Å². The van der Waals surface area contributed by atoms with Gasteiger partial charge in [-0.15, -0.1) is 0 Å². The first kappa shape index (κ1) is 21.0. The normalized spacial score (nSPS) is 11.6. The molecule has 0 radical (unpaired) electrons. The molecule has 0 aliphatic carbocycles. The van der Waals surface area contributed by atoms with E-state index in [1.165, 1.54) is 48.7 Å². The van der Waals surface area contributed by atoms with Gasteiger partial charge in [0, 0.05) is 6.20 Å². The van der Waals surface area contributed by atoms with Crippen molar-refractivity contribution >= 4 is 10.0 Å². The molecule has 0 amide bonds. The molecule has 0 aliphatic heterocycles. The summed E-state index contributed by atoms with van der Waals surface area (Å²) in [5, 5.41) is 21.7. The lowest BCUT2D eigenvalue weighted by Crippen LogP contribution is -2.23. The van der Waals surface area contributed by atoms with Crippen LogP contribution in [0.5, 0.6) is 0 Å². The Morgan fingerprint density at radius 1 is 1.03 bits per heavy atom. The van der Waals surface area contributed by atoms with Crippen molar-refractivity contribution in [1.29, 1.82) is 10.5 Å². The maximum absolute atomic E-state index is 13.1. The average Bonchev–Trinajstić information content (AvgIpc) is 3.20. The second kappa shape index (κ2) is 7.99. The Labute approximate surface area is 169 Å². The van der Waals surface area contributed by atoms with Crippen molar-refractivity contribution in [2.75, 3.05) is 0 Å². The fourth-order valence-corrected chi connectivity index (χ4v) is 3.57. The number of benzene rings is 2. The van der Waals surface area contributed by atoms with Crippen molar-refractivity contribution in [3.05, 3.63) is 77.1 Å². The highest BCUT2D eigenvalue weighted by atomic mass is 32.2. The van der Waals surface area contributed by atoms with Crippen molar-refractivity contribution in [3.63, 3.8) is 0 Å². The number of hydrogen-bond acceptors (Lipinski definition) is 5. The fraction of sp³-hybridized carbons (Fsp3) is 0.105. The molecule has 0 atom stereocenters. The van der Waals surface area contributed by atoms with Gasteiger partial charge in [-0.1, -0.05) is 0 Å². The first-order chi connectivity index (χ1) is 14.1. The van der Waals surface area contributed by atoms with Gasteiger partial charge < -0.3 is 0 Å². The van der Waals surface area contributed by atoms with Crippen LogP contribution in [0, 0.1) is 22.7 Å². The van der Waals surface area contributed by atoms with Crippen LogP contribution in [0.15, 0.2) is 59.6 Å². The van der Waals surface area contributed by atoms with Gasteiger partial charge in [0.25, 0.3) is 0 Å². The molecule has 3 aromatic rings. The Balaban J connectivity index is 1.79. The number of nitrogens with one attached hydrogen (secondary N) is 1. The van der Waals surface area contributed by atoms with Crippen LogP contribution in [0.3, 0.4) is 0 Å². The van der Waals surface area contributed by atoms with E-state index in [9.17, 15) is 21.6 Å². The highest BCUT2D eigenvalue weighted by molar-refractivity contribution is 7.89. The predicted molar refractivity (Wildman–Crippen MR) is 98.5 cm³/mol. The minimum absolute atomic E-state index is 0.0390. The van der Waals surface area contributed by atoms with Crippen LogP contribution >= 0.6 is 0 Å². The number of nitriles is 2. The van der Waals surface area contributed by atoms with Crippen LogP contribution in [0.2, 0.25) is 0 Å². The number of alkyl halides is 3. The molecule has 0 saturated heterocycles. The summed E-state index contributed by atoms with van der Waals surface area (Å²) >= 11 is 0. The maximum atomic E-state index is 13.1. The molecule has 0 aliphatic rings. The van der Waals surface area contributed by atoms with E-state index in [1.807, 2.05) is 6.07 Å². The lowest BCUT2D eigenvalue weighted by atomic mass is 10.1. The van der Waals surface area contributed by atoms with Crippen LogP contribution in [-0.2, 0) is 22.7 Å². The Morgan fingerprint density at radius 2 is 1.73 bits per heavy atom. The molecule has 0 spiro atoms. The first-order valence-electron chi connectivity index (χ1n) is 8.30. The highest BCUT2D eigenvalue weighted by Gasteiger charge is 2.34. The van der Waals surface area contributed by atoms with E-state index < -0.39 is 27.3 Å². The van der Waals surface area contributed by atoms with Crippen molar-refractivity contribution < 1.29 is 21.6 Å². The standard InChI is InChI=1S/C19H12F3N5O2S/c20-19(21,22)18-9-16(4-3-14(18)11-24)27-8-7-15(26-27)12-25-30(28,29)17-5-1-13(10-23)2-6-17/h1-9,25H,12H2. The lowest BCUT2D eigenvalue weighted by molar-refractivity contribution is -0.137. The van der Waals surface area contributed by atoms with E-state index in [0.717, 1.165) is 16.8 Å². The molecule has 3 rings (SSSR count). The van der Waals surface area contributed by atoms with Gasteiger partial charge in [0.1, 0.15) is 0 Å². The van der Waals surface area contributed by atoms with Crippen molar-refractivity contribution in [1.82, 2.24) is 14.5 Å². The summed E-state index contributed by atoms with van der Waals surface area (Å²) in [4.78, 5) is -0.0390. The van der Waals surface area contributed by atoms with Gasteiger partial charge in [0.15, 0.2) is 0 Å². The molecule has 0 bridgehead atoms. The van der Waals surface area contributed by atoms with Gasteiger partial charge in [0.2, 0.25) is 10.0 Å². The molecule has 1 heterocycles. The van der Waals surface area contributed by atoms with Gasteiger partial charge in [-0.3, -0.25) is 0 Å². The van der Waals surface area contributed by atoms with E-state index in [1.54, 1.807) is 0 Å². The zero-order chi connectivity index (χ0) is 21.9. The van der Waals surface area contributed by atoms with E-state index in [0.29, 0.717) is 5.56 Å². The average molecular weight is 431 g/mol. The molecular formula is C19H12F3N5O2S. The smallest absolute Gasteiger partial charge is 0.241 e. The molecule has 2 aromatic carbocycles. The monoisotopic (exact) mass is 431 g/mol. The van der Waals surface area contributed by atoms with Crippen LogP contribution in [0.1, 0.15) is 22.4 Å². The number of sulfonamides is 1. The summed E-state index contributed by atoms with van der Waals surface area (Å²) in [5.41, 5.74) is -0.934. The minimum Gasteiger partial charge on any atom is -0.241 e. The maximum Gasteiger partial charge on any atom is 0.417 e. The zero-order valence-electron chi connectivity index (χ0n) is 15.1. The van der Waals surface area contributed by atoms with Crippen LogP contribution in [-0.4, -0.2) is 18.2 Å². The summed E-state index contributed by atoms with van der Waals surface area (Å²) in [7, 11) is -3.87. The third-order valence-electron chi connectivity index (χ3n) is 4.07. The largest absolute Gasteiger partial charge is 0.417 e. The number of halogens is 3. The van der Waals surface area contributed by atoms with E-state index in [4.69, 9.17) is 10.5 Å². The number of hydrogen-bond donors (Lipinski definition) is 1. The summed E-state index contributed by atoms with van der Waals surface area (Å²) in [5.74, 6) is 0. The summed E-state index contributed by atoms with van der Waals surface area (Å²) in [6.07, 6.45) is -3.32. The zero-order valence-corrected chi connectivity index (χ0v) is 15.9. The summed E-state index contributed by atoms with van der Waals surface area (Å²) in [6.45, 7) is -0.197. The summed E-state index contributed by atoms with van der Waals surface area (Å²) < 4.78 is 67.5. The predicted octanol–water partition coefficient (Wildman–Crippen LogP) is 3.11. The van der Waals surface area contributed by atoms with Gasteiger partial charge in [0.05, 0.1) is 51.7 Å². The van der Waals surface area contributed by atoms with E-state index in [-0.39, 0.29) is 22.8 Å². The molecule has 11 heteroatoms. The van der Waals surface area contributed by atoms with Crippen molar-refractivity contribution in [2.45, 2.75) is 17.6 Å². The second-order valence-corrected chi connectivity index (χ2v) is 7.82. The van der Waals surface area contributed by atoms with Crippen molar-refractivity contribution in [3.8, 4) is 17.8 Å². The number of nitrogens with zero attached hydrogens (tertiary/aromatic N) is 4. The van der Waals surface area contributed by atoms with Crippen LogP contribution < -0.4 is 4.72 Å². The van der Waals surface area contributed by atoms with E-state index in [2.05, 4.69) is 9.82 Å². The molecule has 0 fully saturated rings.